The number of ether oxygens (including phenoxy) is 2. The van der Waals surface area contributed by atoms with E-state index in [0.29, 0.717) is 28.9 Å². The molecule has 146 valence electrons. The predicted molar refractivity (Wildman–Crippen MR) is 103 cm³/mol. The molecule has 0 unspecified atom stereocenters. The number of nitrogens with one attached hydrogen (secondary N) is 1. The number of nitrogens with two attached hydrogens (primary N) is 1. The Morgan fingerprint density at radius 3 is 2.07 bits per heavy atom. The number of aldehydes is 2. The monoisotopic (exact) mass is 377 g/mol. The van der Waals surface area contributed by atoms with Crippen molar-refractivity contribution in [3.05, 3.63) is 57.6 Å². The first-order valence-corrected chi connectivity index (χ1v) is 7.67. The minimum absolute atomic E-state index is 0.0606. The van der Waals surface area contributed by atoms with Crippen LogP contribution in [0.15, 0.2) is 36.4 Å². The number of rotatable bonds is 6. The fourth-order valence-electron chi connectivity index (χ4n) is 1.92. The average molecular weight is 377 g/mol. The maximum absolute atomic E-state index is 10.7. The number of hydrogen-bond acceptors (Lipinski definition) is 8. The van der Waals surface area contributed by atoms with Gasteiger partial charge in [-0.15, -0.1) is 0 Å². The van der Waals surface area contributed by atoms with Crippen LogP contribution in [0.25, 0.3) is 0 Å². The smallest absolute Gasteiger partial charge is 0.270 e. The lowest BCUT2D eigenvalue weighted by molar-refractivity contribution is -0.384. The molecule has 0 saturated heterocycles. The normalized spacial score (nSPS) is 8.78. The van der Waals surface area contributed by atoms with Gasteiger partial charge in [-0.1, -0.05) is 12.1 Å². The predicted octanol–water partition coefficient (Wildman–Crippen LogP) is 2.54. The molecule has 0 aliphatic rings. The van der Waals surface area contributed by atoms with Crippen LogP contribution in [-0.2, 0) is 0 Å². The van der Waals surface area contributed by atoms with E-state index in [4.69, 9.17) is 9.47 Å². The number of non-ortho nitro benzene ring substituents is 1. The molecule has 0 heterocycles. The number of nitrogens with zero attached hydrogens (tertiary/aromatic N) is 1. The Morgan fingerprint density at radius 2 is 1.63 bits per heavy atom. The fraction of sp³-hybridized carbons (Fsp3) is 0.222. The summed E-state index contributed by atoms with van der Waals surface area (Å²) >= 11 is 0. The van der Waals surface area contributed by atoms with Crippen molar-refractivity contribution in [1.29, 1.82) is 0 Å². The lowest BCUT2D eigenvalue weighted by atomic mass is 10.1. The molecular formula is C18H23N3O6. The second kappa shape index (κ2) is 12.8. The molecule has 0 aliphatic carbocycles. The quantitative estimate of drug-likeness (QED) is 0.445. The van der Waals surface area contributed by atoms with Crippen molar-refractivity contribution in [3.8, 4) is 11.5 Å². The largest absolute Gasteiger partial charge is 0.493 e. The van der Waals surface area contributed by atoms with Gasteiger partial charge < -0.3 is 20.5 Å². The molecule has 0 atom stereocenters. The van der Waals surface area contributed by atoms with Gasteiger partial charge in [-0.3, -0.25) is 19.7 Å². The van der Waals surface area contributed by atoms with Crippen LogP contribution in [-0.4, -0.2) is 45.8 Å². The highest BCUT2D eigenvalue weighted by Crippen LogP contribution is 2.32. The highest BCUT2D eigenvalue weighted by Gasteiger charge is 2.09. The van der Waals surface area contributed by atoms with E-state index in [1.54, 1.807) is 26.3 Å². The average Bonchev–Trinajstić information content (AvgIpc) is 2.74. The zero-order valence-corrected chi connectivity index (χ0v) is 15.6. The van der Waals surface area contributed by atoms with Gasteiger partial charge in [0.15, 0.2) is 17.8 Å². The zero-order chi connectivity index (χ0) is 20.8. The van der Waals surface area contributed by atoms with Crippen LogP contribution in [0.2, 0.25) is 0 Å². The molecule has 2 aromatic rings. The number of anilines is 1. The first-order chi connectivity index (χ1) is 13.0. The van der Waals surface area contributed by atoms with Crippen LogP contribution in [0, 0.1) is 10.1 Å². The summed E-state index contributed by atoms with van der Waals surface area (Å²) in [5.41, 5.74) is 6.02. The summed E-state index contributed by atoms with van der Waals surface area (Å²) in [6.07, 6.45) is 1.35. The summed E-state index contributed by atoms with van der Waals surface area (Å²) in [7, 11) is 6.33. The van der Waals surface area contributed by atoms with E-state index in [9.17, 15) is 19.7 Å². The Hall–Kier alpha value is -3.46. The van der Waals surface area contributed by atoms with Crippen molar-refractivity contribution in [3.63, 3.8) is 0 Å². The van der Waals surface area contributed by atoms with Gasteiger partial charge in [0.05, 0.1) is 19.1 Å². The molecule has 9 heteroatoms. The minimum atomic E-state index is -0.535. The molecule has 0 aromatic heterocycles. The maximum Gasteiger partial charge on any atom is 0.270 e. The maximum atomic E-state index is 10.7. The molecule has 0 radical (unpaired) electrons. The molecule has 27 heavy (non-hydrogen) atoms. The minimum Gasteiger partial charge on any atom is -0.493 e. The third kappa shape index (κ3) is 7.12. The fourth-order valence-corrected chi connectivity index (χ4v) is 1.92. The summed E-state index contributed by atoms with van der Waals surface area (Å²) in [5.74, 6) is 1.15. The first-order valence-electron chi connectivity index (χ1n) is 7.67. The van der Waals surface area contributed by atoms with Crippen LogP contribution in [0.3, 0.4) is 0 Å². The Kier molecular flexibility index (Phi) is 11.2. The number of benzene rings is 2. The molecule has 2 aromatic carbocycles. The number of carbonyl (C=O) groups excluding carboxylic acids is 2. The van der Waals surface area contributed by atoms with Crippen molar-refractivity contribution >= 4 is 23.9 Å². The lowest BCUT2D eigenvalue weighted by Gasteiger charge is -2.11. The van der Waals surface area contributed by atoms with E-state index in [0.717, 1.165) is 12.0 Å². The number of carbonyl (C=O) groups is 2. The van der Waals surface area contributed by atoms with E-state index in [2.05, 4.69) is 11.1 Å². The van der Waals surface area contributed by atoms with Crippen LogP contribution >= 0.6 is 0 Å². The third-order valence-electron chi connectivity index (χ3n) is 3.17. The van der Waals surface area contributed by atoms with E-state index in [1.165, 1.54) is 38.4 Å². The molecule has 9 nitrogen and oxygen atoms in total. The van der Waals surface area contributed by atoms with Crippen molar-refractivity contribution in [2.24, 2.45) is 5.73 Å². The summed E-state index contributed by atoms with van der Waals surface area (Å²) in [6, 6.07) is 8.92. The molecule has 0 saturated carbocycles. The van der Waals surface area contributed by atoms with E-state index in [-0.39, 0.29) is 5.69 Å². The highest BCUT2D eigenvalue weighted by molar-refractivity contribution is 5.86. The molecule has 0 amide bonds. The van der Waals surface area contributed by atoms with Crippen molar-refractivity contribution in [2.75, 3.05) is 33.6 Å². The molecule has 3 N–H and O–H groups in total. The SMILES string of the molecule is CN.CNc1cc(OC)c(OC)cc1C=O.O=Cc1cccc([N+](=O)[O-])c1. The molecule has 0 fully saturated rings. The standard InChI is InChI=1S/C10H13NO3.C7H5NO3.CH5N/c1-11-8-5-10(14-3)9(13-2)4-7(8)6-12;9-5-6-2-1-3-7(4-6)8(10)11;1-2/h4-6,11H,1-3H3;1-5H;2H2,1H3. The van der Waals surface area contributed by atoms with E-state index < -0.39 is 4.92 Å². The highest BCUT2D eigenvalue weighted by atomic mass is 16.6. The van der Waals surface area contributed by atoms with Crippen molar-refractivity contribution in [2.45, 2.75) is 0 Å². The number of methoxy groups -OCH3 is 2. The lowest BCUT2D eigenvalue weighted by Crippen LogP contribution is -1.98. The van der Waals surface area contributed by atoms with Gasteiger partial charge >= 0.3 is 0 Å². The van der Waals surface area contributed by atoms with Gasteiger partial charge in [0.2, 0.25) is 0 Å². The van der Waals surface area contributed by atoms with Gasteiger partial charge in [-0.2, -0.15) is 0 Å². The van der Waals surface area contributed by atoms with Crippen LogP contribution in [0.4, 0.5) is 11.4 Å². The van der Waals surface area contributed by atoms with Gasteiger partial charge in [0.1, 0.15) is 6.29 Å². The van der Waals surface area contributed by atoms with Crippen LogP contribution in [0.5, 0.6) is 11.5 Å². The molecular weight excluding hydrogens is 354 g/mol. The van der Waals surface area contributed by atoms with Crippen LogP contribution in [0.1, 0.15) is 20.7 Å². The van der Waals surface area contributed by atoms with E-state index in [1.807, 2.05) is 0 Å². The summed E-state index contributed by atoms with van der Waals surface area (Å²) in [6.45, 7) is 0. The molecule has 0 aliphatic heterocycles. The van der Waals surface area contributed by atoms with Gasteiger partial charge in [0.25, 0.3) is 5.69 Å². The second-order valence-electron chi connectivity index (χ2n) is 4.63. The number of hydrogen-bond donors (Lipinski definition) is 2. The molecule has 0 bridgehead atoms. The van der Waals surface area contributed by atoms with Gasteiger partial charge in [-0.25, -0.2) is 0 Å². The Bertz CT molecular complexity index is 765. The number of nitro groups is 1. The Balaban J connectivity index is 0.000000469. The van der Waals surface area contributed by atoms with Crippen molar-refractivity contribution < 1.29 is 24.0 Å². The van der Waals surface area contributed by atoms with E-state index >= 15 is 0 Å². The zero-order valence-electron chi connectivity index (χ0n) is 15.6. The topological polar surface area (TPSA) is 134 Å². The first kappa shape index (κ1) is 23.5. The summed E-state index contributed by atoms with van der Waals surface area (Å²) in [4.78, 5) is 30.5. The van der Waals surface area contributed by atoms with Crippen molar-refractivity contribution in [1.82, 2.24) is 0 Å². The molecule has 2 rings (SSSR count). The summed E-state index contributed by atoms with van der Waals surface area (Å²) < 4.78 is 10.2. The Labute approximate surface area is 157 Å². The second-order valence-corrected chi connectivity index (χ2v) is 4.63. The Morgan fingerprint density at radius 1 is 1.04 bits per heavy atom. The summed E-state index contributed by atoms with van der Waals surface area (Å²) in [5, 5.41) is 13.1. The van der Waals surface area contributed by atoms with Crippen LogP contribution < -0.4 is 20.5 Å². The number of nitro benzene ring substituents is 1. The van der Waals surface area contributed by atoms with Gasteiger partial charge in [0, 0.05) is 42.1 Å². The molecule has 0 spiro atoms. The third-order valence-corrected chi connectivity index (χ3v) is 3.17. The van der Waals surface area contributed by atoms with Gasteiger partial charge in [-0.05, 0) is 13.1 Å².